The first-order valence-electron chi connectivity index (χ1n) is 10.1. The molecule has 2 aromatic rings. The van der Waals surface area contributed by atoms with Crippen molar-refractivity contribution < 1.29 is 28.9 Å². The van der Waals surface area contributed by atoms with Gasteiger partial charge < -0.3 is 24.6 Å². The van der Waals surface area contributed by atoms with Crippen molar-refractivity contribution in [3.8, 4) is 0 Å². The van der Waals surface area contributed by atoms with Crippen LogP contribution in [0.15, 0.2) is 71.8 Å². The zero-order valence-corrected chi connectivity index (χ0v) is 17.4. The number of methoxy groups -OCH3 is 2. The van der Waals surface area contributed by atoms with Crippen molar-refractivity contribution >= 4 is 17.6 Å². The Hall–Kier alpha value is -3.16. The minimum Gasteiger partial charge on any atom is -0.466 e. The van der Waals surface area contributed by atoms with Gasteiger partial charge in [0.2, 0.25) is 0 Å². The lowest BCUT2D eigenvalue weighted by Crippen LogP contribution is -2.51. The summed E-state index contributed by atoms with van der Waals surface area (Å²) in [4.78, 5) is 25.4. The molecule has 0 aliphatic carbocycles. The number of ether oxygens (including phenoxy) is 3. The van der Waals surface area contributed by atoms with E-state index in [1.807, 2.05) is 60.7 Å². The predicted octanol–water partition coefficient (Wildman–Crippen LogP) is 2.25. The second-order valence-corrected chi connectivity index (χ2v) is 7.72. The van der Waals surface area contributed by atoms with Crippen LogP contribution in [-0.2, 0) is 30.2 Å². The van der Waals surface area contributed by atoms with Crippen molar-refractivity contribution in [2.75, 3.05) is 19.5 Å². The SMILES string of the molecule is COC(=O)C1=C(C(=O)OC)C2(C(Cc3ccccc3)Nc3ccccc3)CC(O)C1O2. The first-order chi connectivity index (χ1) is 15.0. The Bertz CT molecular complexity index is 948. The predicted molar refractivity (Wildman–Crippen MR) is 113 cm³/mol. The number of fused-ring (bicyclic) bond motifs is 2. The van der Waals surface area contributed by atoms with E-state index in [9.17, 15) is 14.7 Å². The van der Waals surface area contributed by atoms with Gasteiger partial charge in [0, 0.05) is 12.1 Å². The molecule has 0 saturated carbocycles. The maximum absolute atomic E-state index is 12.9. The van der Waals surface area contributed by atoms with Crippen molar-refractivity contribution in [3.63, 3.8) is 0 Å². The quantitative estimate of drug-likeness (QED) is 0.660. The van der Waals surface area contributed by atoms with Crippen LogP contribution in [0.1, 0.15) is 12.0 Å². The Kier molecular flexibility index (Phi) is 5.80. The van der Waals surface area contributed by atoms with Gasteiger partial charge in [-0.05, 0) is 24.1 Å². The lowest BCUT2D eigenvalue weighted by Gasteiger charge is -2.37. The maximum atomic E-state index is 12.9. The third-order valence-electron chi connectivity index (χ3n) is 5.93. The summed E-state index contributed by atoms with van der Waals surface area (Å²) in [5.41, 5.74) is 0.729. The van der Waals surface area contributed by atoms with Crippen LogP contribution in [0.2, 0.25) is 0 Å². The molecule has 7 heteroatoms. The van der Waals surface area contributed by atoms with Gasteiger partial charge in [-0.2, -0.15) is 0 Å². The van der Waals surface area contributed by atoms with Crippen molar-refractivity contribution in [1.82, 2.24) is 0 Å². The molecule has 1 saturated heterocycles. The molecule has 2 N–H and O–H groups in total. The van der Waals surface area contributed by atoms with E-state index in [0.29, 0.717) is 6.42 Å². The maximum Gasteiger partial charge on any atom is 0.337 e. The van der Waals surface area contributed by atoms with Gasteiger partial charge in [-0.1, -0.05) is 48.5 Å². The molecule has 2 aliphatic heterocycles. The van der Waals surface area contributed by atoms with E-state index in [4.69, 9.17) is 14.2 Å². The molecule has 162 valence electrons. The summed E-state index contributed by atoms with van der Waals surface area (Å²) in [7, 11) is 2.50. The van der Waals surface area contributed by atoms with Crippen LogP contribution in [-0.4, -0.2) is 55.1 Å². The van der Waals surface area contributed by atoms with Crippen LogP contribution in [0, 0.1) is 0 Å². The Morgan fingerprint density at radius 1 is 1.06 bits per heavy atom. The summed E-state index contributed by atoms with van der Waals surface area (Å²) in [5, 5.41) is 14.2. The highest BCUT2D eigenvalue weighted by molar-refractivity contribution is 6.04. The fourth-order valence-corrected chi connectivity index (χ4v) is 4.58. The smallest absolute Gasteiger partial charge is 0.337 e. The van der Waals surface area contributed by atoms with Gasteiger partial charge in [0.05, 0.1) is 37.5 Å². The molecule has 2 aliphatic rings. The van der Waals surface area contributed by atoms with Gasteiger partial charge in [-0.25, -0.2) is 9.59 Å². The molecule has 2 bridgehead atoms. The van der Waals surface area contributed by atoms with Gasteiger partial charge >= 0.3 is 11.9 Å². The number of anilines is 1. The molecule has 4 atom stereocenters. The van der Waals surface area contributed by atoms with Crippen molar-refractivity contribution in [3.05, 3.63) is 77.4 Å². The van der Waals surface area contributed by atoms with Gasteiger partial charge in [0.25, 0.3) is 0 Å². The number of aliphatic hydroxyl groups excluding tert-OH is 1. The normalized spacial score (nSPS) is 25.3. The minimum absolute atomic E-state index is 0.0287. The Labute approximate surface area is 180 Å². The minimum atomic E-state index is -1.26. The molecule has 1 fully saturated rings. The average molecular weight is 423 g/mol. The van der Waals surface area contributed by atoms with Crippen LogP contribution in [0.25, 0.3) is 0 Å². The number of carbonyl (C=O) groups excluding carboxylic acids is 2. The molecule has 4 rings (SSSR count). The average Bonchev–Trinajstić information content (AvgIpc) is 3.32. The lowest BCUT2D eigenvalue weighted by molar-refractivity contribution is -0.140. The number of hydrogen-bond acceptors (Lipinski definition) is 7. The molecule has 2 heterocycles. The van der Waals surface area contributed by atoms with Crippen LogP contribution in [0.3, 0.4) is 0 Å². The molecular weight excluding hydrogens is 398 g/mol. The fraction of sp³-hybridized carbons (Fsp3) is 0.333. The molecule has 0 amide bonds. The largest absolute Gasteiger partial charge is 0.466 e. The molecule has 0 aromatic heterocycles. The van der Waals surface area contributed by atoms with E-state index in [2.05, 4.69) is 5.32 Å². The molecular formula is C24H25NO6. The van der Waals surface area contributed by atoms with E-state index >= 15 is 0 Å². The monoisotopic (exact) mass is 423 g/mol. The van der Waals surface area contributed by atoms with Crippen LogP contribution in [0.4, 0.5) is 5.69 Å². The third-order valence-corrected chi connectivity index (χ3v) is 5.93. The number of rotatable bonds is 7. The van der Waals surface area contributed by atoms with E-state index < -0.39 is 35.8 Å². The van der Waals surface area contributed by atoms with Crippen molar-refractivity contribution in [2.45, 2.75) is 36.7 Å². The summed E-state index contributed by atoms with van der Waals surface area (Å²) in [6.45, 7) is 0. The van der Waals surface area contributed by atoms with E-state index in [-0.39, 0.29) is 17.6 Å². The summed E-state index contributed by atoms with van der Waals surface area (Å²) >= 11 is 0. The standard InChI is InChI=1S/C24H25NO6/c1-29-22(27)19-20(23(28)30-2)24(14-17(26)21(19)31-24)18(13-15-9-5-3-6-10-15)25-16-11-7-4-8-12-16/h3-12,17-18,21,25-26H,13-14H2,1-2H3. The molecule has 0 radical (unpaired) electrons. The zero-order chi connectivity index (χ0) is 22.0. The van der Waals surface area contributed by atoms with Crippen molar-refractivity contribution in [1.29, 1.82) is 0 Å². The second kappa shape index (κ2) is 8.53. The number of nitrogens with one attached hydrogen (secondary N) is 1. The number of aliphatic hydroxyl groups is 1. The van der Waals surface area contributed by atoms with E-state index in [1.54, 1.807) is 0 Å². The molecule has 31 heavy (non-hydrogen) atoms. The second-order valence-electron chi connectivity index (χ2n) is 7.72. The zero-order valence-electron chi connectivity index (χ0n) is 17.4. The van der Waals surface area contributed by atoms with Gasteiger partial charge in [-0.15, -0.1) is 0 Å². The van der Waals surface area contributed by atoms with E-state index in [1.165, 1.54) is 14.2 Å². The molecule has 7 nitrogen and oxygen atoms in total. The highest BCUT2D eigenvalue weighted by Gasteiger charge is 2.64. The molecule has 0 spiro atoms. The first kappa shape index (κ1) is 21.1. The third kappa shape index (κ3) is 3.71. The molecule has 4 unspecified atom stereocenters. The Morgan fingerprint density at radius 2 is 1.68 bits per heavy atom. The Balaban J connectivity index is 1.83. The van der Waals surface area contributed by atoms with Crippen LogP contribution in [0.5, 0.6) is 0 Å². The number of para-hydroxylation sites is 1. The summed E-state index contributed by atoms with van der Waals surface area (Å²) < 4.78 is 16.2. The van der Waals surface area contributed by atoms with Gasteiger partial charge in [-0.3, -0.25) is 0 Å². The van der Waals surface area contributed by atoms with Crippen LogP contribution >= 0.6 is 0 Å². The van der Waals surface area contributed by atoms with E-state index in [0.717, 1.165) is 11.3 Å². The fourth-order valence-electron chi connectivity index (χ4n) is 4.58. The number of carbonyl (C=O) groups is 2. The summed E-state index contributed by atoms with van der Waals surface area (Å²) in [6.07, 6.45) is -1.25. The first-order valence-corrected chi connectivity index (χ1v) is 10.1. The van der Waals surface area contributed by atoms with Gasteiger partial charge in [0.1, 0.15) is 11.7 Å². The summed E-state index contributed by atoms with van der Waals surface area (Å²) in [6, 6.07) is 18.8. The number of benzene rings is 2. The molecule has 2 aromatic carbocycles. The number of hydrogen-bond donors (Lipinski definition) is 2. The highest BCUT2D eigenvalue weighted by Crippen LogP contribution is 2.51. The van der Waals surface area contributed by atoms with Gasteiger partial charge in [0.15, 0.2) is 0 Å². The number of esters is 2. The Morgan fingerprint density at radius 3 is 2.29 bits per heavy atom. The summed E-state index contributed by atoms with van der Waals surface area (Å²) in [5.74, 6) is -1.37. The topological polar surface area (TPSA) is 94.1 Å². The lowest BCUT2D eigenvalue weighted by atomic mass is 9.74. The van der Waals surface area contributed by atoms with Crippen molar-refractivity contribution in [2.24, 2.45) is 0 Å². The highest BCUT2D eigenvalue weighted by atomic mass is 16.6. The van der Waals surface area contributed by atoms with Crippen LogP contribution < -0.4 is 5.32 Å².